The fourth-order valence-corrected chi connectivity index (χ4v) is 4.26. The molecule has 182 valence electrons. The van der Waals surface area contributed by atoms with Gasteiger partial charge in [-0.15, -0.1) is 24.0 Å². The molecule has 0 atom stereocenters. The van der Waals surface area contributed by atoms with Crippen LogP contribution in [0.1, 0.15) is 37.8 Å². The highest BCUT2D eigenvalue weighted by Crippen LogP contribution is 2.19. The quantitative estimate of drug-likeness (QED) is 0.195. The lowest BCUT2D eigenvalue weighted by Gasteiger charge is -2.33. The molecule has 8 heteroatoms. The molecule has 7 nitrogen and oxygen atoms in total. The van der Waals surface area contributed by atoms with Crippen molar-refractivity contribution >= 4 is 46.9 Å². The number of likely N-dealkylation sites (tertiary alicyclic amines) is 1. The van der Waals surface area contributed by atoms with E-state index in [-0.39, 0.29) is 35.9 Å². The zero-order valence-corrected chi connectivity index (χ0v) is 22.3. The number of halogens is 1. The van der Waals surface area contributed by atoms with Crippen LogP contribution in [0.3, 0.4) is 0 Å². The molecule has 2 heterocycles. The van der Waals surface area contributed by atoms with Crippen LogP contribution in [-0.4, -0.2) is 52.6 Å². The van der Waals surface area contributed by atoms with Crippen LogP contribution < -0.4 is 5.32 Å². The minimum Gasteiger partial charge on any atom is -0.466 e. The predicted molar refractivity (Wildman–Crippen MR) is 146 cm³/mol. The molecule has 3 aromatic rings. The van der Waals surface area contributed by atoms with Gasteiger partial charge in [0.15, 0.2) is 5.96 Å². The molecule has 2 aromatic carbocycles. The third kappa shape index (κ3) is 6.49. The summed E-state index contributed by atoms with van der Waals surface area (Å²) < 4.78 is 7.36. The number of imidazole rings is 1. The number of nitrogens with one attached hydrogen (secondary N) is 1. The molecule has 0 amide bonds. The summed E-state index contributed by atoms with van der Waals surface area (Å²) in [6.07, 6.45) is 3.51. The minimum absolute atomic E-state index is 0. The number of hydrogen-bond donors (Lipinski definition) is 1. The van der Waals surface area contributed by atoms with Gasteiger partial charge in [0.1, 0.15) is 0 Å². The third-order valence-electron chi connectivity index (χ3n) is 6.06. The lowest BCUT2D eigenvalue weighted by atomic mass is 9.97. The Morgan fingerprint density at radius 1 is 1.09 bits per heavy atom. The van der Waals surface area contributed by atoms with Gasteiger partial charge in [-0.25, -0.2) is 9.98 Å². The number of carbonyl (C=O) groups is 1. The van der Waals surface area contributed by atoms with Crippen LogP contribution in [-0.2, 0) is 22.6 Å². The normalized spacial score (nSPS) is 14.6. The summed E-state index contributed by atoms with van der Waals surface area (Å²) in [5, 5.41) is 3.40. The predicted octanol–water partition coefficient (Wildman–Crippen LogP) is 4.44. The average molecular weight is 575 g/mol. The smallest absolute Gasteiger partial charge is 0.309 e. The number of esters is 1. The summed E-state index contributed by atoms with van der Waals surface area (Å²) in [6, 6.07) is 16.8. The number of rotatable bonds is 7. The number of benzene rings is 2. The molecule has 0 aliphatic carbocycles. The summed E-state index contributed by atoms with van der Waals surface area (Å²) >= 11 is 0. The van der Waals surface area contributed by atoms with Crippen LogP contribution in [0.4, 0.5) is 0 Å². The van der Waals surface area contributed by atoms with E-state index in [4.69, 9.17) is 9.73 Å². The molecule has 1 saturated heterocycles. The van der Waals surface area contributed by atoms with Crippen molar-refractivity contribution in [3.63, 3.8) is 0 Å². The Bertz CT molecular complexity index is 1090. The standard InChI is InChI=1S/C26H33N5O2.HI/c1-3-27-26(30-15-13-22(14-16-30)25(32)33-4-2)28-17-20-9-11-21(12-10-20)18-31-19-29-23-7-5-6-8-24(23)31;/h5-12,19,22H,3-4,13-18H2,1-2H3,(H,27,28);1H. The first-order chi connectivity index (χ1) is 16.2. The molecule has 1 aromatic heterocycles. The maximum absolute atomic E-state index is 12.0. The second-order valence-corrected chi connectivity index (χ2v) is 8.36. The van der Waals surface area contributed by atoms with Crippen LogP contribution in [0.25, 0.3) is 11.0 Å². The van der Waals surface area contributed by atoms with Crippen molar-refractivity contribution in [1.29, 1.82) is 0 Å². The fraction of sp³-hybridized carbons (Fsp3) is 0.423. The summed E-state index contributed by atoms with van der Waals surface area (Å²) in [5.41, 5.74) is 4.57. The molecular weight excluding hydrogens is 541 g/mol. The number of aromatic nitrogens is 2. The summed E-state index contributed by atoms with van der Waals surface area (Å²) in [6.45, 7) is 8.23. The molecule has 0 bridgehead atoms. The second kappa shape index (κ2) is 12.7. The van der Waals surface area contributed by atoms with Crippen molar-refractivity contribution in [3.8, 4) is 0 Å². The van der Waals surface area contributed by atoms with E-state index < -0.39 is 0 Å². The van der Waals surface area contributed by atoms with Crippen LogP contribution >= 0.6 is 24.0 Å². The number of nitrogens with zero attached hydrogens (tertiary/aromatic N) is 4. The lowest BCUT2D eigenvalue weighted by molar-refractivity contribution is -0.149. The number of fused-ring (bicyclic) bond motifs is 1. The SMILES string of the molecule is CCNC(=NCc1ccc(Cn2cnc3ccccc32)cc1)N1CCC(C(=O)OCC)CC1.I. The molecule has 34 heavy (non-hydrogen) atoms. The van der Waals surface area contributed by atoms with Crippen LogP contribution in [0, 0.1) is 5.92 Å². The van der Waals surface area contributed by atoms with Crippen molar-refractivity contribution < 1.29 is 9.53 Å². The maximum atomic E-state index is 12.0. The highest BCUT2D eigenvalue weighted by atomic mass is 127. The summed E-state index contributed by atoms with van der Waals surface area (Å²) in [7, 11) is 0. The molecule has 1 aliphatic rings. The highest BCUT2D eigenvalue weighted by molar-refractivity contribution is 14.0. The number of piperidine rings is 1. The summed E-state index contributed by atoms with van der Waals surface area (Å²) in [5.74, 6) is 0.848. The zero-order chi connectivity index (χ0) is 23.0. The number of aliphatic imine (C=N–C) groups is 1. The van der Waals surface area contributed by atoms with Gasteiger partial charge in [-0.2, -0.15) is 0 Å². The van der Waals surface area contributed by atoms with E-state index in [1.807, 2.05) is 31.5 Å². The van der Waals surface area contributed by atoms with Gasteiger partial charge in [0.2, 0.25) is 0 Å². The Kier molecular flexibility index (Phi) is 9.74. The van der Waals surface area contributed by atoms with Crippen molar-refractivity contribution in [1.82, 2.24) is 19.8 Å². The first kappa shape index (κ1) is 26.0. The molecule has 0 spiro atoms. The third-order valence-corrected chi connectivity index (χ3v) is 6.06. The van der Waals surface area contributed by atoms with Crippen LogP contribution in [0.15, 0.2) is 59.9 Å². The first-order valence-corrected chi connectivity index (χ1v) is 11.9. The van der Waals surface area contributed by atoms with Crippen molar-refractivity contribution in [2.45, 2.75) is 39.8 Å². The van der Waals surface area contributed by atoms with Gasteiger partial charge in [0, 0.05) is 26.2 Å². The van der Waals surface area contributed by atoms with Crippen LogP contribution in [0.5, 0.6) is 0 Å². The second-order valence-electron chi connectivity index (χ2n) is 8.36. The molecule has 1 aliphatic heterocycles. The van der Waals surface area contributed by atoms with Gasteiger partial charge in [-0.05, 0) is 49.9 Å². The van der Waals surface area contributed by atoms with E-state index in [2.05, 4.69) is 57.0 Å². The Morgan fingerprint density at radius 3 is 2.50 bits per heavy atom. The Balaban J connectivity index is 0.00000324. The van der Waals surface area contributed by atoms with E-state index in [0.717, 1.165) is 56.0 Å². The number of hydrogen-bond acceptors (Lipinski definition) is 4. The summed E-state index contributed by atoms with van der Waals surface area (Å²) in [4.78, 5) is 23.6. The van der Waals surface area contributed by atoms with Crippen molar-refractivity contribution in [2.24, 2.45) is 10.9 Å². The van der Waals surface area contributed by atoms with Crippen molar-refractivity contribution in [3.05, 3.63) is 66.0 Å². The monoisotopic (exact) mass is 575 g/mol. The number of ether oxygens (including phenoxy) is 1. The number of guanidine groups is 1. The van der Waals surface area contributed by atoms with Gasteiger partial charge < -0.3 is 19.5 Å². The zero-order valence-electron chi connectivity index (χ0n) is 19.9. The van der Waals surface area contributed by atoms with Crippen LogP contribution in [0.2, 0.25) is 0 Å². The largest absolute Gasteiger partial charge is 0.466 e. The van der Waals surface area contributed by atoms with E-state index >= 15 is 0 Å². The molecule has 1 N–H and O–H groups in total. The molecule has 1 fully saturated rings. The molecule has 0 unspecified atom stereocenters. The van der Waals surface area contributed by atoms with Gasteiger partial charge in [-0.3, -0.25) is 4.79 Å². The van der Waals surface area contributed by atoms with Gasteiger partial charge in [-0.1, -0.05) is 36.4 Å². The van der Waals surface area contributed by atoms with E-state index in [1.54, 1.807) is 0 Å². The molecule has 0 radical (unpaired) electrons. The number of para-hydroxylation sites is 2. The Labute approximate surface area is 218 Å². The molecule has 4 rings (SSSR count). The Hall–Kier alpha value is -2.62. The van der Waals surface area contributed by atoms with E-state index in [0.29, 0.717) is 13.2 Å². The van der Waals surface area contributed by atoms with Gasteiger partial charge in [0.05, 0.1) is 36.4 Å². The van der Waals surface area contributed by atoms with Crippen molar-refractivity contribution in [2.75, 3.05) is 26.2 Å². The minimum atomic E-state index is -0.0668. The Morgan fingerprint density at radius 2 is 1.79 bits per heavy atom. The van der Waals surface area contributed by atoms with E-state index in [1.165, 1.54) is 11.1 Å². The number of carbonyl (C=O) groups excluding carboxylic acids is 1. The fourth-order valence-electron chi connectivity index (χ4n) is 4.26. The van der Waals surface area contributed by atoms with Gasteiger partial charge in [0.25, 0.3) is 0 Å². The van der Waals surface area contributed by atoms with E-state index in [9.17, 15) is 4.79 Å². The lowest BCUT2D eigenvalue weighted by Crippen LogP contribution is -2.46. The average Bonchev–Trinajstić information content (AvgIpc) is 3.26. The molecular formula is C26H34IN5O2. The first-order valence-electron chi connectivity index (χ1n) is 11.9. The highest BCUT2D eigenvalue weighted by Gasteiger charge is 2.27. The topological polar surface area (TPSA) is 71.8 Å². The maximum Gasteiger partial charge on any atom is 0.309 e. The van der Waals surface area contributed by atoms with Gasteiger partial charge >= 0.3 is 5.97 Å². The molecule has 0 saturated carbocycles.